The summed E-state index contributed by atoms with van der Waals surface area (Å²) in [5.41, 5.74) is 3.44. The molecule has 1 fully saturated rings. The monoisotopic (exact) mass is 351 g/mol. The first-order chi connectivity index (χ1) is 12.8. The maximum absolute atomic E-state index is 12.1. The van der Waals surface area contributed by atoms with Gasteiger partial charge in [-0.3, -0.25) is 4.79 Å². The summed E-state index contributed by atoms with van der Waals surface area (Å²) in [5.74, 6) is 0.111. The van der Waals surface area contributed by atoms with Gasteiger partial charge in [-0.1, -0.05) is 54.6 Å². The summed E-state index contributed by atoms with van der Waals surface area (Å²) in [6.07, 6.45) is 2.64. The van der Waals surface area contributed by atoms with Gasteiger partial charge in [0.05, 0.1) is 6.42 Å². The Morgan fingerprint density at radius 3 is 2.35 bits per heavy atom. The molecule has 2 N–H and O–H groups in total. The van der Waals surface area contributed by atoms with E-state index in [9.17, 15) is 4.79 Å². The van der Waals surface area contributed by atoms with Crippen LogP contribution in [0.4, 0.5) is 0 Å². The summed E-state index contributed by atoms with van der Waals surface area (Å²) in [4.78, 5) is 14.6. The Morgan fingerprint density at radius 2 is 1.62 bits per heavy atom. The minimum atomic E-state index is 0.111. The molecule has 1 heterocycles. The number of hydrogen-bond acceptors (Lipinski definition) is 3. The van der Waals surface area contributed by atoms with Gasteiger partial charge >= 0.3 is 0 Å². The van der Waals surface area contributed by atoms with Crippen LogP contribution in [0.1, 0.15) is 18.4 Å². The van der Waals surface area contributed by atoms with Gasteiger partial charge in [-0.2, -0.15) is 0 Å². The number of rotatable bonds is 8. The van der Waals surface area contributed by atoms with Crippen molar-refractivity contribution in [3.05, 3.63) is 60.2 Å². The Morgan fingerprint density at radius 1 is 0.923 bits per heavy atom. The molecule has 0 atom stereocenters. The topological polar surface area (TPSA) is 44.4 Å². The molecule has 4 heteroatoms. The number of hydrogen-bond donors (Lipinski definition) is 2. The molecule has 1 amide bonds. The minimum absolute atomic E-state index is 0.111. The highest BCUT2D eigenvalue weighted by molar-refractivity contribution is 5.78. The Balaban J connectivity index is 1.34. The van der Waals surface area contributed by atoms with Gasteiger partial charge in [0.1, 0.15) is 0 Å². The van der Waals surface area contributed by atoms with Crippen LogP contribution in [0.15, 0.2) is 54.6 Å². The molecule has 0 saturated carbocycles. The summed E-state index contributed by atoms with van der Waals surface area (Å²) in [7, 11) is 0. The van der Waals surface area contributed by atoms with E-state index in [1.54, 1.807) is 0 Å². The fraction of sp³-hybridized carbons (Fsp3) is 0.409. The van der Waals surface area contributed by atoms with Gasteiger partial charge in [-0.05, 0) is 36.1 Å². The van der Waals surface area contributed by atoms with Crippen molar-refractivity contribution >= 4 is 5.91 Å². The molecule has 26 heavy (non-hydrogen) atoms. The van der Waals surface area contributed by atoms with Crippen molar-refractivity contribution in [1.82, 2.24) is 15.5 Å². The highest BCUT2D eigenvalue weighted by Gasteiger charge is 2.08. The molecular weight excluding hydrogens is 322 g/mol. The van der Waals surface area contributed by atoms with Crippen LogP contribution in [0.3, 0.4) is 0 Å². The first-order valence-electron chi connectivity index (χ1n) is 9.65. The standard InChI is InChI=1S/C22H29N3O/c26-22(24-12-4-5-15-25-16-13-23-14-17-25)18-19-8-10-21(11-9-19)20-6-2-1-3-7-20/h1-3,6-11,23H,4-5,12-18H2,(H,24,26). The van der Waals surface area contributed by atoms with E-state index in [1.165, 1.54) is 11.1 Å². The fourth-order valence-electron chi connectivity index (χ4n) is 3.32. The quantitative estimate of drug-likeness (QED) is 0.719. The maximum Gasteiger partial charge on any atom is 0.224 e. The molecule has 0 aliphatic carbocycles. The second-order valence-corrected chi connectivity index (χ2v) is 6.89. The third-order valence-corrected chi connectivity index (χ3v) is 4.86. The van der Waals surface area contributed by atoms with Crippen LogP contribution in [-0.2, 0) is 11.2 Å². The molecule has 0 radical (unpaired) electrons. The van der Waals surface area contributed by atoms with Crippen molar-refractivity contribution in [3.8, 4) is 11.1 Å². The number of piperazine rings is 1. The molecule has 138 valence electrons. The molecule has 0 unspecified atom stereocenters. The van der Waals surface area contributed by atoms with E-state index in [0.29, 0.717) is 6.42 Å². The van der Waals surface area contributed by atoms with Crippen LogP contribution in [-0.4, -0.2) is 50.1 Å². The minimum Gasteiger partial charge on any atom is -0.356 e. The molecule has 1 aliphatic heterocycles. The van der Waals surface area contributed by atoms with Gasteiger partial charge in [-0.15, -0.1) is 0 Å². The van der Waals surface area contributed by atoms with Crippen molar-refractivity contribution in [2.75, 3.05) is 39.3 Å². The average molecular weight is 351 g/mol. The molecule has 2 aromatic rings. The third kappa shape index (κ3) is 5.97. The smallest absolute Gasteiger partial charge is 0.224 e. The van der Waals surface area contributed by atoms with E-state index in [0.717, 1.165) is 57.7 Å². The van der Waals surface area contributed by atoms with Crippen LogP contribution in [0.2, 0.25) is 0 Å². The Bertz CT molecular complexity index is 664. The number of benzene rings is 2. The van der Waals surface area contributed by atoms with Crippen LogP contribution in [0.5, 0.6) is 0 Å². The summed E-state index contributed by atoms with van der Waals surface area (Å²) in [6, 6.07) is 18.6. The second-order valence-electron chi connectivity index (χ2n) is 6.89. The zero-order valence-electron chi connectivity index (χ0n) is 15.4. The number of carbonyl (C=O) groups is 1. The molecule has 0 spiro atoms. The number of unbranched alkanes of at least 4 members (excludes halogenated alkanes) is 1. The molecule has 1 aliphatic rings. The van der Waals surface area contributed by atoms with Gasteiger partial charge in [0.25, 0.3) is 0 Å². The number of carbonyl (C=O) groups excluding carboxylic acids is 1. The molecule has 3 rings (SSSR count). The van der Waals surface area contributed by atoms with Crippen LogP contribution in [0.25, 0.3) is 11.1 Å². The van der Waals surface area contributed by atoms with E-state index >= 15 is 0 Å². The zero-order chi connectivity index (χ0) is 18.0. The SMILES string of the molecule is O=C(Cc1ccc(-c2ccccc2)cc1)NCCCCN1CCNCC1. The lowest BCUT2D eigenvalue weighted by Gasteiger charge is -2.27. The average Bonchev–Trinajstić information content (AvgIpc) is 2.70. The van der Waals surface area contributed by atoms with Crippen LogP contribution >= 0.6 is 0 Å². The number of nitrogens with one attached hydrogen (secondary N) is 2. The third-order valence-electron chi connectivity index (χ3n) is 4.86. The highest BCUT2D eigenvalue weighted by Crippen LogP contribution is 2.19. The van der Waals surface area contributed by atoms with Gasteiger partial charge in [0, 0.05) is 32.7 Å². The van der Waals surface area contributed by atoms with Crippen molar-refractivity contribution in [3.63, 3.8) is 0 Å². The van der Waals surface area contributed by atoms with E-state index in [1.807, 2.05) is 30.3 Å². The Labute approximate surface area is 156 Å². The fourth-order valence-corrected chi connectivity index (χ4v) is 3.32. The maximum atomic E-state index is 12.1. The van der Waals surface area contributed by atoms with Crippen LogP contribution < -0.4 is 10.6 Å². The lowest BCUT2D eigenvalue weighted by Crippen LogP contribution is -2.43. The van der Waals surface area contributed by atoms with Crippen molar-refractivity contribution in [2.45, 2.75) is 19.3 Å². The summed E-state index contributed by atoms with van der Waals surface area (Å²) in [6.45, 7) is 6.39. The predicted octanol–water partition coefficient (Wildman–Crippen LogP) is 2.70. The van der Waals surface area contributed by atoms with E-state index in [4.69, 9.17) is 0 Å². The second kappa shape index (κ2) is 10.1. The molecule has 0 aromatic heterocycles. The first kappa shape index (κ1) is 18.6. The van der Waals surface area contributed by atoms with Gasteiger partial charge in [0.2, 0.25) is 5.91 Å². The normalized spacial score (nSPS) is 14.9. The molecule has 1 saturated heterocycles. The predicted molar refractivity (Wildman–Crippen MR) is 107 cm³/mol. The summed E-state index contributed by atoms with van der Waals surface area (Å²) in [5, 5.41) is 6.41. The number of amides is 1. The molecule has 0 bridgehead atoms. The lowest BCUT2D eigenvalue weighted by molar-refractivity contribution is -0.120. The van der Waals surface area contributed by atoms with E-state index < -0.39 is 0 Å². The summed E-state index contributed by atoms with van der Waals surface area (Å²) < 4.78 is 0. The van der Waals surface area contributed by atoms with Gasteiger partial charge in [-0.25, -0.2) is 0 Å². The number of nitrogens with zero attached hydrogens (tertiary/aromatic N) is 1. The molecular formula is C22H29N3O. The van der Waals surface area contributed by atoms with Gasteiger partial charge in [0.15, 0.2) is 0 Å². The van der Waals surface area contributed by atoms with Crippen molar-refractivity contribution < 1.29 is 4.79 Å². The summed E-state index contributed by atoms with van der Waals surface area (Å²) >= 11 is 0. The zero-order valence-corrected chi connectivity index (χ0v) is 15.4. The van der Waals surface area contributed by atoms with Gasteiger partial charge < -0.3 is 15.5 Å². The molecule has 2 aromatic carbocycles. The largest absolute Gasteiger partial charge is 0.356 e. The van der Waals surface area contributed by atoms with Crippen molar-refractivity contribution in [2.24, 2.45) is 0 Å². The van der Waals surface area contributed by atoms with E-state index in [2.05, 4.69) is 39.8 Å². The molecule has 4 nitrogen and oxygen atoms in total. The Kier molecular flexibility index (Phi) is 7.23. The Hall–Kier alpha value is -2.17. The lowest BCUT2D eigenvalue weighted by atomic mass is 10.0. The van der Waals surface area contributed by atoms with E-state index in [-0.39, 0.29) is 5.91 Å². The highest BCUT2D eigenvalue weighted by atomic mass is 16.1. The first-order valence-corrected chi connectivity index (χ1v) is 9.65. The van der Waals surface area contributed by atoms with Crippen molar-refractivity contribution in [1.29, 1.82) is 0 Å². The van der Waals surface area contributed by atoms with Crippen LogP contribution in [0, 0.1) is 0 Å².